The summed E-state index contributed by atoms with van der Waals surface area (Å²) in [4.78, 5) is 0.278. The number of rotatable bonds is 4. The van der Waals surface area contributed by atoms with Gasteiger partial charge in [-0.3, -0.25) is 0 Å². The van der Waals surface area contributed by atoms with E-state index >= 15 is 0 Å². The van der Waals surface area contributed by atoms with Gasteiger partial charge >= 0.3 is 0 Å². The molecule has 0 unspecified atom stereocenters. The van der Waals surface area contributed by atoms with Gasteiger partial charge in [-0.05, 0) is 48.9 Å². The molecule has 6 heteroatoms. The summed E-state index contributed by atoms with van der Waals surface area (Å²) in [7, 11) is -3.64. The Morgan fingerprint density at radius 2 is 1.81 bits per heavy atom. The van der Waals surface area contributed by atoms with E-state index in [0.717, 1.165) is 22.2 Å². The lowest BCUT2D eigenvalue weighted by molar-refractivity contribution is 0.589. The van der Waals surface area contributed by atoms with Crippen LogP contribution in [0.4, 0.5) is 0 Å². The molecule has 2 aromatic carbocycles. The van der Waals surface area contributed by atoms with Crippen LogP contribution in [0.3, 0.4) is 0 Å². The molecule has 0 atom stereocenters. The molecule has 0 spiro atoms. The summed E-state index contributed by atoms with van der Waals surface area (Å²) in [5.41, 5.74) is 3.50. The van der Waals surface area contributed by atoms with Crippen LogP contribution in [0.1, 0.15) is 16.8 Å². The summed E-state index contributed by atoms with van der Waals surface area (Å²) in [6.07, 6.45) is 3.83. The van der Waals surface area contributed by atoms with E-state index in [4.69, 9.17) is 0 Å². The Kier molecular flexibility index (Phi) is 4.05. The molecular formula is C20H17N3O2S. The topological polar surface area (TPSA) is 64.8 Å². The average molecular weight is 363 g/mol. The SMILES string of the molecule is Cc1ccc(S(=O)(=O)n2ccc3ccc(Cc4cccnn4)cc32)cc1. The van der Waals surface area contributed by atoms with E-state index in [2.05, 4.69) is 10.2 Å². The van der Waals surface area contributed by atoms with E-state index in [1.807, 2.05) is 43.3 Å². The van der Waals surface area contributed by atoms with Gasteiger partial charge in [0.25, 0.3) is 10.0 Å². The molecule has 5 nitrogen and oxygen atoms in total. The molecule has 0 bridgehead atoms. The zero-order chi connectivity index (χ0) is 18.1. The fourth-order valence-corrected chi connectivity index (χ4v) is 4.27. The molecular weight excluding hydrogens is 346 g/mol. The van der Waals surface area contributed by atoms with Crippen LogP contribution in [0.25, 0.3) is 10.9 Å². The van der Waals surface area contributed by atoms with Crippen molar-refractivity contribution in [2.45, 2.75) is 18.2 Å². The molecule has 26 heavy (non-hydrogen) atoms. The van der Waals surface area contributed by atoms with Gasteiger partial charge in [-0.25, -0.2) is 12.4 Å². The number of aryl methyl sites for hydroxylation is 1. The lowest BCUT2D eigenvalue weighted by atomic mass is 10.1. The highest BCUT2D eigenvalue weighted by Gasteiger charge is 2.18. The third-order valence-corrected chi connectivity index (χ3v) is 6.02. The van der Waals surface area contributed by atoms with E-state index in [1.165, 1.54) is 3.97 Å². The molecule has 4 rings (SSSR count). The maximum Gasteiger partial charge on any atom is 0.268 e. The van der Waals surface area contributed by atoms with Gasteiger partial charge in [0, 0.05) is 24.2 Å². The summed E-state index contributed by atoms with van der Waals surface area (Å²) in [5.74, 6) is 0. The fraction of sp³-hybridized carbons (Fsp3) is 0.100. The van der Waals surface area contributed by atoms with Crippen molar-refractivity contribution in [2.75, 3.05) is 0 Å². The summed E-state index contributed by atoms with van der Waals surface area (Å²) >= 11 is 0. The minimum absolute atomic E-state index is 0.278. The van der Waals surface area contributed by atoms with Crippen LogP contribution in [0.2, 0.25) is 0 Å². The van der Waals surface area contributed by atoms with Crippen molar-refractivity contribution in [1.29, 1.82) is 0 Å². The number of hydrogen-bond donors (Lipinski definition) is 0. The summed E-state index contributed by atoms with van der Waals surface area (Å²) in [6.45, 7) is 1.93. The average Bonchev–Trinajstić information content (AvgIpc) is 3.07. The van der Waals surface area contributed by atoms with Crippen LogP contribution in [0.5, 0.6) is 0 Å². The maximum absolute atomic E-state index is 13.0. The standard InChI is InChI=1S/C20H17N3O2S/c1-15-4-8-19(9-5-15)26(24,25)23-12-10-17-7-6-16(14-20(17)23)13-18-3-2-11-21-22-18/h2-12,14H,13H2,1H3. The van der Waals surface area contributed by atoms with E-state index < -0.39 is 10.0 Å². The molecule has 4 aromatic rings. The molecule has 0 saturated carbocycles. The zero-order valence-corrected chi connectivity index (χ0v) is 15.0. The normalized spacial score (nSPS) is 11.7. The molecule has 2 aromatic heterocycles. The van der Waals surface area contributed by atoms with Gasteiger partial charge in [-0.2, -0.15) is 10.2 Å². The quantitative estimate of drug-likeness (QED) is 0.556. The predicted molar refractivity (Wildman–Crippen MR) is 101 cm³/mol. The first kappa shape index (κ1) is 16.5. The lowest BCUT2D eigenvalue weighted by Crippen LogP contribution is -2.11. The molecule has 0 aliphatic rings. The molecule has 0 aliphatic carbocycles. The molecule has 0 saturated heterocycles. The van der Waals surface area contributed by atoms with Gasteiger partial charge in [0.05, 0.1) is 16.1 Å². The Balaban J connectivity index is 1.78. The van der Waals surface area contributed by atoms with E-state index in [0.29, 0.717) is 11.9 Å². The predicted octanol–water partition coefficient (Wildman–Crippen LogP) is 3.57. The Hall–Kier alpha value is -2.99. The van der Waals surface area contributed by atoms with Crippen molar-refractivity contribution < 1.29 is 8.42 Å². The third kappa shape index (κ3) is 2.99. The van der Waals surface area contributed by atoms with Crippen molar-refractivity contribution in [2.24, 2.45) is 0 Å². The highest BCUT2D eigenvalue weighted by Crippen LogP contribution is 2.24. The third-order valence-electron chi connectivity index (χ3n) is 4.31. The summed E-state index contributed by atoms with van der Waals surface area (Å²) < 4.78 is 27.4. The first-order chi connectivity index (χ1) is 12.5. The molecule has 0 radical (unpaired) electrons. The van der Waals surface area contributed by atoms with Crippen molar-refractivity contribution in [3.05, 3.63) is 89.9 Å². The van der Waals surface area contributed by atoms with Gasteiger partial charge < -0.3 is 0 Å². The van der Waals surface area contributed by atoms with E-state index in [1.54, 1.807) is 36.7 Å². The number of benzene rings is 2. The summed E-state index contributed by atoms with van der Waals surface area (Å²) in [6, 6.07) is 18.3. The minimum atomic E-state index is -3.64. The first-order valence-electron chi connectivity index (χ1n) is 8.23. The number of nitrogens with zero attached hydrogens (tertiary/aromatic N) is 3. The maximum atomic E-state index is 13.0. The largest absolute Gasteiger partial charge is 0.268 e. The Morgan fingerprint density at radius 1 is 1.00 bits per heavy atom. The van der Waals surface area contributed by atoms with Crippen LogP contribution in [-0.2, 0) is 16.4 Å². The highest BCUT2D eigenvalue weighted by molar-refractivity contribution is 7.90. The highest BCUT2D eigenvalue weighted by atomic mass is 32.2. The second kappa shape index (κ2) is 6.38. The second-order valence-corrected chi connectivity index (χ2v) is 8.03. The molecule has 2 heterocycles. The molecule has 0 fully saturated rings. The Bertz CT molecular complexity index is 1160. The van der Waals surface area contributed by atoms with Crippen LogP contribution in [0.15, 0.2) is 78.0 Å². The van der Waals surface area contributed by atoms with Crippen LogP contribution in [-0.4, -0.2) is 22.6 Å². The van der Waals surface area contributed by atoms with Crippen LogP contribution < -0.4 is 0 Å². The van der Waals surface area contributed by atoms with Gasteiger partial charge in [0.1, 0.15) is 0 Å². The smallest absolute Gasteiger partial charge is 0.241 e. The van der Waals surface area contributed by atoms with Gasteiger partial charge in [-0.1, -0.05) is 29.8 Å². The number of hydrogen-bond acceptors (Lipinski definition) is 4. The number of aromatic nitrogens is 3. The van der Waals surface area contributed by atoms with Crippen molar-refractivity contribution in [1.82, 2.24) is 14.2 Å². The Labute approximate surface area is 152 Å². The first-order valence-corrected chi connectivity index (χ1v) is 9.67. The molecule has 0 N–H and O–H groups in total. The van der Waals surface area contributed by atoms with E-state index in [9.17, 15) is 8.42 Å². The zero-order valence-electron chi connectivity index (χ0n) is 14.2. The molecule has 0 amide bonds. The van der Waals surface area contributed by atoms with Gasteiger partial charge in [0.2, 0.25) is 0 Å². The minimum Gasteiger partial charge on any atom is -0.241 e. The van der Waals surface area contributed by atoms with Crippen molar-refractivity contribution in [3.63, 3.8) is 0 Å². The van der Waals surface area contributed by atoms with Crippen LogP contribution in [0, 0.1) is 6.92 Å². The lowest BCUT2D eigenvalue weighted by Gasteiger charge is -2.09. The Morgan fingerprint density at radius 3 is 2.54 bits per heavy atom. The number of fused-ring (bicyclic) bond motifs is 1. The van der Waals surface area contributed by atoms with E-state index in [-0.39, 0.29) is 4.90 Å². The molecule has 0 aliphatic heterocycles. The molecule has 130 valence electrons. The van der Waals surface area contributed by atoms with Crippen molar-refractivity contribution >= 4 is 20.9 Å². The monoisotopic (exact) mass is 363 g/mol. The fourth-order valence-electron chi connectivity index (χ4n) is 2.93. The van der Waals surface area contributed by atoms with Gasteiger partial charge in [0.15, 0.2) is 0 Å². The van der Waals surface area contributed by atoms with Crippen LogP contribution >= 0.6 is 0 Å². The van der Waals surface area contributed by atoms with Gasteiger partial charge in [-0.15, -0.1) is 0 Å². The summed E-state index contributed by atoms with van der Waals surface area (Å²) in [5, 5.41) is 8.86. The van der Waals surface area contributed by atoms with Crippen molar-refractivity contribution in [3.8, 4) is 0 Å². The second-order valence-electron chi connectivity index (χ2n) is 6.21.